The van der Waals surface area contributed by atoms with Gasteiger partial charge in [0.05, 0.1) is 34.2 Å². The highest BCUT2D eigenvalue weighted by atomic mass is 15.1. The van der Waals surface area contributed by atoms with Gasteiger partial charge >= 0.3 is 0 Å². The lowest BCUT2D eigenvalue weighted by molar-refractivity contribution is 0.504. The van der Waals surface area contributed by atoms with E-state index in [2.05, 4.69) is 141 Å². The maximum Gasteiger partial charge on any atom is 0.128 e. The molecule has 2 aliphatic rings. The van der Waals surface area contributed by atoms with Crippen LogP contribution in [0.1, 0.15) is 69.5 Å². The van der Waals surface area contributed by atoms with Crippen LogP contribution in [0.25, 0.3) is 43.6 Å². The molecule has 0 aliphatic heterocycles. The minimum atomic E-state index is -0.0221. The molecule has 2 heterocycles. The van der Waals surface area contributed by atoms with E-state index in [1.54, 1.807) is 0 Å². The molecule has 2 aliphatic carbocycles. The van der Waals surface area contributed by atoms with E-state index < -0.39 is 0 Å². The van der Waals surface area contributed by atoms with E-state index in [0.29, 0.717) is 35.3 Å². The molecule has 6 atom stereocenters. The third-order valence-corrected chi connectivity index (χ3v) is 11.3. The van der Waals surface area contributed by atoms with Crippen molar-refractivity contribution in [2.45, 2.75) is 58.8 Å². The Labute approximate surface area is 276 Å². The summed E-state index contributed by atoms with van der Waals surface area (Å²) in [5.41, 5.74) is 6.25. The van der Waals surface area contributed by atoms with E-state index in [1.807, 2.05) is 12.2 Å². The smallest absolute Gasteiger partial charge is 0.128 e. The molecule has 0 bridgehead atoms. The summed E-state index contributed by atoms with van der Waals surface area (Å²) < 4.78 is 0. The Hall–Kier alpha value is -4.70. The van der Waals surface area contributed by atoms with Crippen LogP contribution in [0.4, 0.5) is 0 Å². The van der Waals surface area contributed by atoms with Crippen molar-refractivity contribution >= 4 is 43.6 Å². The normalized spacial score (nSPS) is 24.2. The predicted molar refractivity (Wildman–Crippen MR) is 194 cm³/mol. The number of H-pyrrole nitrogens is 2. The number of aromatic nitrogens is 4. The minimum absolute atomic E-state index is 0.00179. The van der Waals surface area contributed by atoms with Gasteiger partial charge in [0.1, 0.15) is 11.6 Å². The molecule has 6 heteroatoms. The van der Waals surface area contributed by atoms with Crippen LogP contribution < -0.4 is 10.6 Å². The lowest BCUT2D eigenvalue weighted by Gasteiger charge is -2.13. The Morgan fingerprint density at radius 3 is 1.62 bits per heavy atom. The third-order valence-electron chi connectivity index (χ3n) is 11.3. The van der Waals surface area contributed by atoms with Crippen molar-refractivity contribution in [3.05, 3.63) is 109 Å². The zero-order valence-electron chi connectivity index (χ0n) is 27.8. The fourth-order valence-electron chi connectivity index (χ4n) is 7.37. The largest absolute Gasteiger partial charge is 0.340 e. The average molecular weight is 619 g/mol. The topological polar surface area (TPSA) is 81.4 Å². The first-order valence-electron chi connectivity index (χ1n) is 16.8. The van der Waals surface area contributed by atoms with Crippen LogP contribution >= 0.6 is 0 Å². The maximum atomic E-state index is 5.04. The standard InChI is InChI=1S/C41H42N6/c1-8-31(42-35-22(3)23(35)4)39-44-33-18-14-27-20-25(12-16-29(27)36(33)46-39)10-11-26-13-17-30-28(21-26)15-19-34-37(30)47-40(45-34)32(9-2)43-38-24(5)41(38,6)7/h8-9,12-24,31-32,35,38,42-43H,1-2H2,3-7H3,(H,44,46)(H,45,47). The van der Waals surface area contributed by atoms with Crippen LogP contribution in [0.15, 0.2) is 86.0 Å². The van der Waals surface area contributed by atoms with Gasteiger partial charge in [0.2, 0.25) is 0 Å². The lowest BCUT2D eigenvalue weighted by Crippen LogP contribution is -2.26. The molecule has 6 unspecified atom stereocenters. The van der Waals surface area contributed by atoms with Gasteiger partial charge in [0, 0.05) is 34.0 Å². The van der Waals surface area contributed by atoms with Crippen molar-refractivity contribution in [3.8, 4) is 11.8 Å². The number of nitrogens with zero attached hydrogens (tertiary/aromatic N) is 2. The van der Waals surface area contributed by atoms with Crippen LogP contribution in [0.5, 0.6) is 0 Å². The first kappa shape index (κ1) is 29.7. The second-order valence-electron chi connectivity index (χ2n) is 14.4. The highest BCUT2D eigenvalue weighted by Gasteiger charge is 2.55. The molecule has 6 aromatic rings. The number of rotatable bonds is 8. The van der Waals surface area contributed by atoms with Crippen molar-refractivity contribution in [1.82, 2.24) is 30.6 Å². The molecular formula is C41H42N6. The molecule has 0 spiro atoms. The molecule has 0 amide bonds. The van der Waals surface area contributed by atoms with Gasteiger partial charge in [-0.3, -0.25) is 0 Å². The van der Waals surface area contributed by atoms with E-state index >= 15 is 0 Å². The maximum absolute atomic E-state index is 5.04. The van der Waals surface area contributed by atoms with Crippen molar-refractivity contribution in [2.75, 3.05) is 0 Å². The first-order valence-corrected chi connectivity index (χ1v) is 16.8. The monoisotopic (exact) mass is 618 g/mol. The highest BCUT2D eigenvalue weighted by molar-refractivity contribution is 6.05. The zero-order chi connectivity index (χ0) is 32.6. The van der Waals surface area contributed by atoms with Crippen molar-refractivity contribution in [3.63, 3.8) is 0 Å². The summed E-state index contributed by atoms with van der Waals surface area (Å²) in [7, 11) is 0. The van der Waals surface area contributed by atoms with Crippen molar-refractivity contribution < 1.29 is 0 Å². The second-order valence-corrected chi connectivity index (χ2v) is 14.4. The Kier molecular flexibility index (Phi) is 6.91. The Morgan fingerprint density at radius 1 is 0.723 bits per heavy atom. The summed E-state index contributed by atoms with van der Waals surface area (Å²) in [6.45, 7) is 19.6. The van der Waals surface area contributed by atoms with Crippen LogP contribution in [-0.2, 0) is 0 Å². The quantitative estimate of drug-likeness (QED) is 0.102. The zero-order valence-corrected chi connectivity index (χ0v) is 27.8. The molecule has 4 aromatic carbocycles. The van der Waals surface area contributed by atoms with Gasteiger partial charge in [-0.15, -0.1) is 13.2 Å². The summed E-state index contributed by atoms with van der Waals surface area (Å²) in [5.74, 6) is 10.6. The molecule has 0 radical (unpaired) electrons. The van der Waals surface area contributed by atoms with Crippen LogP contribution in [0.3, 0.4) is 0 Å². The van der Waals surface area contributed by atoms with Crippen LogP contribution in [0.2, 0.25) is 0 Å². The molecule has 2 fully saturated rings. The Morgan fingerprint density at radius 2 is 1.19 bits per heavy atom. The van der Waals surface area contributed by atoms with Crippen LogP contribution in [-0.4, -0.2) is 32.0 Å². The fraction of sp³-hybridized carbons (Fsp3) is 0.317. The number of nitrogens with one attached hydrogen (secondary N) is 4. The number of imidazole rings is 2. The lowest BCUT2D eigenvalue weighted by atomic mass is 10.0. The van der Waals surface area contributed by atoms with Gasteiger partial charge in [0.25, 0.3) is 0 Å². The van der Waals surface area contributed by atoms with E-state index in [0.717, 1.165) is 66.4 Å². The summed E-state index contributed by atoms with van der Waals surface area (Å²) >= 11 is 0. The molecule has 0 saturated heterocycles. The molecule has 8 rings (SSSR count). The molecule has 2 saturated carbocycles. The summed E-state index contributed by atoms with van der Waals surface area (Å²) in [5, 5.41) is 11.9. The molecule has 2 aromatic heterocycles. The van der Waals surface area contributed by atoms with Gasteiger partial charge in [0.15, 0.2) is 0 Å². The van der Waals surface area contributed by atoms with Gasteiger partial charge in [-0.2, -0.15) is 0 Å². The van der Waals surface area contributed by atoms with Gasteiger partial charge in [-0.05, 0) is 70.3 Å². The van der Waals surface area contributed by atoms with E-state index in [9.17, 15) is 0 Å². The van der Waals surface area contributed by atoms with Crippen molar-refractivity contribution in [1.29, 1.82) is 0 Å². The van der Waals surface area contributed by atoms with Gasteiger partial charge in [-0.25, -0.2) is 9.97 Å². The fourth-order valence-corrected chi connectivity index (χ4v) is 7.37. The van der Waals surface area contributed by atoms with E-state index in [4.69, 9.17) is 9.97 Å². The van der Waals surface area contributed by atoms with Gasteiger partial charge in [-0.1, -0.05) is 82.9 Å². The Balaban J connectivity index is 1.04. The van der Waals surface area contributed by atoms with Crippen molar-refractivity contribution in [2.24, 2.45) is 23.2 Å². The highest BCUT2D eigenvalue weighted by Crippen LogP contribution is 2.52. The summed E-state index contributed by atoms with van der Waals surface area (Å²) in [6, 6.07) is 22.2. The number of aromatic amines is 2. The molecule has 236 valence electrons. The minimum Gasteiger partial charge on any atom is -0.340 e. The third kappa shape index (κ3) is 5.06. The molecule has 4 N–H and O–H groups in total. The molecule has 6 nitrogen and oxygen atoms in total. The average Bonchev–Trinajstić information content (AvgIpc) is 3.55. The molecule has 47 heavy (non-hydrogen) atoms. The predicted octanol–water partition coefficient (Wildman–Crippen LogP) is 8.48. The first-order chi connectivity index (χ1) is 22.7. The Bertz CT molecular complexity index is 2270. The second kappa shape index (κ2) is 10.9. The number of hydrogen-bond acceptors (Lipinski definition) is 4. The van der Waals surface area contributed by atoms with E-state index in [1.165, 1.54) is 0 Å². The summed E-state index contributed by atoms with van der Waals surface area (Å²) in [6.07, 6.45) is 3.89. The van der Waals surface area contributed by atoms with E-state index in [-0.39, 0.29) is 12.1 Å². The molecular weight excluding hydrogens is 576 g/mol. The number of fused-ring (bicyclic) bond motifs is 6. The number of benzene rings is 4. The number of hydrogen-bond donors (Lipinski definition) is 4. The van der Waals surface area contributed by atoms with Crippen LogP contribution in [0, 0.1) is 35.0 Å². The summed E-state index contributed by atoms with van der Waals surface area (Å²) in [4.78, 5) is 17.1. The SMILES string of the molecule is C=CC(NC1C(C)C1C)c1nc2c(ccc3cc(C#Cc4ccc5c(ccc6[nH]c(C(C=C)NC7C(C)C7(C)C)nc65)c4)ccc32)[nH]1. The van der Waals surface area contributed by atoms with Gasteiger partial charge < -0.3 is 20.6 Å².